The Bertz CT molecular complexity index is 358. The summed E-state index contributed by atoms with van der Waals surface area (Å²) in [5.41, 5.74) is 2.42. The molecule has 1 aromatic carbocycles. The highest BCUT2D eigenvalue weighted by atomic mass is 16.1. The molecule has 0 unspecified atom stereocenters. The fourth-order valence-corrected chi connectivity index (χ4v) is 1.82. The summed E-state index contributed by atoms with van der Waals surface area (Å²) in [6.07, 6.45) is 0.593. The van der Waals surface area contributed by atoms with E-state index in [9.17, 15) is 4.79 Å². The van der Waals surface area contributed by atoms with Gasteiger partial charge in [-0.05, 0) is 30.9 Å². The van der Waals surface area contributed by atoms with E-state index >= 15 is 0 Å². The lowest BCUT2D eigenvalue weighted by atomic mass is 10.0. The highest BCUT2D eigenvalue weighted by Crippen LogP contribution is 2.16. The molecule has 1 aromatic rings. The van der Waals surface area contributed by atoms with E-state index in [0.29, 0.717) is 12.3 Å². The van der Waals surface area contributed by atoms with Crippen LogP contribution < -0.4 is 5.32 Å². The predicted octanol–water partition coefficient (Wildman–Crippen LogP) is 3.22. The van der Waals surface area contributed by atoms with Crippen LogP contribution in [0.15, 0.2) is 24.3 Å². The molecule has 1 rings (SSSR count). The Morgan fingerprint density at radius 3 is 2.44 bits per heavy atom. The Kier molecular flexibility index (Phi) is 4.53. The molecular formula is C14H21NO. The van der Waals surface area contributed by atoms with Crippen LogP contribution in [0.4, 0.5) is 0 Å². The molecule has 0 saturated heterocycles. The summed E-state index contributed by atoms with van der Waals surface area (Å²) in [6.45, 7) is 8.21. The maximum atomic E-state index is 11.6. The van der Waals surface area contributed by atoms with Crippen molar-refractivity contribution >= 4 is 5.91 Å². The number of carbonyl (C=O) groups excluding carboxylic acids is 1. The summed E-state index contributed by atoms with van der Waals surface area (Å²) in [7, 11) is 0. The monoisotopic (exact) mass is 219 g/mol. The second-order valence-corrected chi connectivity index (χ2v) is 4.74. The van der Waals surface area contributed by atoms with Gasteiger partial charge in [0.15, 0.2) is 0 Å². The van der Waals surface area contributed by atoms with Crippen LogP contribution in [0.5, 0.6) is 0 Å². The Morgan fingerprint density at radius 2 is 1.88 bits per heavy atom. The van der Waals surface area contributed by atoms with E-state index in [2.05, 4.69) is 38.2 Å². The zero-order valence-electron chi connectivity index (χ0n) is 10.6. The molecule has 1 amide bonds. The Labute approximate surface area is 98.1 Å². The highest BCUT2D eigenvalue weighted by Gasteiger charge is 2.11. The maximum absolute atomic E-state index is 11.6. The van der Waals surface area contributed by atoms with E-state index in [1.807, 2.05) is 19.1 Å². The smallest absolute Gasteiger partial charge is 0.220 e. The van der Waals surface area contributed by atoms with Crippen LogP contribution >= 0.6 is 0 Å². The molecule has 16 heavy (non-hydrogen) atoms. The fourth-order valence-electron chi connectivity index (χ4n) is 1.82. The van der Waals surface area contributed by atoms with Gasteiger partial charge in [0.2, 0.25) is 5.91 Å². The molecule has 88 valence electrons. The summed E-state index contributed by atoms with van der Waals surface area (Å²) >= 11 is 0. The van der Waals surface area contributed by atoms with Crippen molar-refractivity contribution < 1.29 is 4.79 Å². The average molecular weight is 219 g/mol. The van der Waals surface area contributed by atoms with E-state index in [1.54, 1.807) is 0 Å². The molecule has 0 heterocycles. The molecule has 0 radical (unpaired) electrons. The number of nitrogens with one attached hydrogen (secondary N) is 1. The van der Waals surface area contributed by atoms with E-state index < -0.39 is 0 Å². The van der Waals surface area contributed by atoms with Crippen molar-refractivity contribution in [1.29, 1.82) is 0 Å². The topological polar surface area (TPSA) is 29.1 Å². The lowest BCUT2D eigenvalue weighted by Gasteiger charge is -2.17. The SMILES string of the molecule is Cc1ccccc1[C@H](C)NC(=O)CC(C)C. The van der Waals surface area contributed by atoms with Crippen molar-refractivity contribution in [2.75, 3.05) is 0 Å². The average Bonchev–Trinajstić information content (AvgIpc) is 2.16. The molecule has 0 fully saturated rings. The van der Waals surface area contributed by atoms with Gasteiger partial charge in [-0.3, -0.25) is 4.79 Å². The minimum Gasteiger partial charge on any atom is -0.350 e. The van der Waals surface area contributed by atoms with Crippen molar-refractivity contribution in [2.45, 2.75) is 40.2 Å². The molecule has 0 aromatic heterocycles. The summed E-state index contributed by atoms with van der Waals surface area (Å²) in [4.78, 5) is 11.6. The van der Waals surface area contributed by atoms with Crippen molar-refractivity contribution in [3.63, 3.8) is 0 Å². The second-order valence-electron chi connectivity index (χ2n) is 4.74. The lowest BCUT2D eigenvalue weighted by molar-refractivity contribution is -0.122. The van der Waals surface area contributed by atoms with Gasteiger partial charge < -0.3 is 5.32 Å². The standard InChI is InChI=1S/C14H21NO/c1-10(2)9-14(16)15-12(4)13-8-6-5-7-11(13)3/h5-8,10,12H,9H2,1-4H3,(H,15,16)/t12-/m0/s1. The molecule has 1 N–H and O–H groups in total. The van der Waals surface area contributed by atoms with Crippen LogP contribution in [-0.2, 0) is 4.79 Å². The summed E-state index contributed by atoms with van der Waals surface area (Å²) in [5.74, 6) is 0.537. The third-order valence-electron chi connectivity index (χ3n) is 2.63. The molecule has 0 spiro atoms. The molecule has 0 aliphatic carbocycles. The van der Waals surface area contributed by atoms with Crippen molar-refractivity contribution in [1.82, 2.24) is 5.32 Å². The lowest BCUT2D eigenvalue weighted by Crippen LogP contribution is -2.27. The van der Waals surface area contributed by atoms with Crippen molar-refractivity contribution in [3.05, 3.63) is 35.4 Å². The summed E-state index contributed by atoms with van der Waals surface area (Å²) < 4.78 is 0. The summed E-state index contributed by atoms with van der Waals surface area (Å²) in [6, 6.07) is 8.25. The van der Waals surface area contributed by atoms with Crippen LogP contribution in [-0.4, -0.2) is 5.91 Å². The van der Waals surface area contributed by atoms with Gasteiger partial charge >= 0.3 is 0 Å². The van der Waals surface area contributed by atoms with Crippen LogP contribution in [0, 0.1) is 12.8 Å². The van der Waals surface area contributed by atoms with Gasteiger partial charge in [-0.2, -0.15) is 0 Å². The van der Waals surface area contributed by atoms with Gasteiger partial charge in [-0.25, -0.2) is 0 Å². The number of hydrogen-bond acceptors (Lipinski definition) is 1. The Balaban J connectivity index is 2.62. The molecule has 2 nitrogen and oxygen atoms in total. The van der Waals surface area contributed by atoms with Gasteiger partial charge in [0.25, 0.3) is 0 Å². The number of amides is 1. The van der Waals surface area contributed by atoms with E-state index in [4.69, 9.17) is 0 Å². The molecule has 2 heteroatoms. The van der Waals surface area contributed by atoms with Crippen molar-refractivity contribution in [3.8, 4) is 0 Å². The van der Waals surface area contributed by atoms with Crippen molar-refractivity contribution in [2.24, 2.45) is 5.92 Å². The molecular weight excluding hydrogens is 198 g/mol. The van der Waals surface area contributed by atoms with E-state index in [0.717, 1.165) is 0 Å². The zero-order valence-corrected chi connectivity index (χ0v) is 10.6. The van der Waals surface area contributed by atoms with Crippen LogP contribution in [0.3, 0.4) is 0 Å². The van der Waals surface area contributed by atoms with Gasteiger partial charge in [0, 0.05) is 6.42 Å². The molecule has 0 aliphatic heterocycles. The predicted molar refractivity (Wildman–Crippen MR) is 67.2 cm³/mol. The van der Waals surface area contributed by atoms with Crippen LogP contribution in [0.2, 0.25) is 0 Å². The largest absolute Gasteiger partial charge is 0.350 e. The first-order valence-electron chi connectivity index (χ1n) is 5.85. The second kappa shape index (κ2) is 5.69. The third-order valence-corrected chi connectivity index (χ3v) is 2.63. The number of hydrogen-bond donors (Lipinski definition) is 1. The Hall–Kier alpha value is -1.31. The first-order valence-corrected chi connectivity index (χ1v) is 5.85. The number of aryl methyl sites for hydroxylation is 1. The molecule has 0 bridgehead atoms. The first-order chi connectivity index (χ1) is 7.50. The maximum Gasteiger partial charge on any atom is 0.220 e. The number of carbonyl (C=O) groups is 1. The zero-order chi connectivity index (χ0) is 12.1. The minimum atomic E-state index is 0.0902. The summed E-state index contributed by atoms with van der Waals surface area (Å²) in [5, 5.41) is 3.03. The molecule has 1 atom stereocenters. The highest BCUT2D eigenvalue weighted by molar-refractivity contribution is 5.76. The third kappa shape index (κ3) is 3.69. The normalized spacial score (nSPS) is 12.6. The van der Waals surface area contributed by atoms with Gasteiger partial charge in [-0.1, -0.05) is 38.1 Å². The number of benzene rings is 1. The Morgan fingerprint density at radius 1 is 1.25 bits per heavy atom. The van der Waals surface area contributed by atoms with Crippen LogP contribution in [0.25, 0.3) is 0 Å². The quantitative estimate of drug-likeness (QED) is 0.827. The van der Waals surface area contributed by atoms with Crippen LogP contribution in [0.1, 0.15) is 44.4 Å². The van der Waals surface area contributed by atoms with Gasteiger partial charge in [0.1, 0.15) is 0 Å². The fraction of sp³-hybridized carbons (Fsp3) is 0.500. The minimum absolute atomic E-state index is 0.0902. The first kappa shape index (κ1) is 12.8. The van der Waals surface area contributed by atoms with E-state index in [-0.39, 0.29) is 11.9 Å². The molecule has 0 saturated carbocycles. The molecule has 0 aliphatic rings. The number of rotatable bonds is 4. The van der Waals surface area contributed by atoms with Gasteiger partial charge in [0.05, 0.1) is 6.04 Å². The van der Waals surface area contributed by atoms with E-state index in [1.165, 1.54) is 11.1 Å². The van der Waals surface area contributed by atoms with Gasteiger partial charge in [-0.15, -0.1) is 0 Å².